The lowest BCUT2D eigenvalue weighted by molar-refractivity contribution is 0.414. The van der Waals surface area contributed by atoms with Crippen LogP contribution in [0.4, 0.5) is 5.69 Å². The molecule has 2 rings (SSSR count). The zero-order chi connectivity index (χ0) is 12.1. The zero-order valence-electron chi connectivity index (χ0n) is 10.5. The van der Waals surface area contributed by atoms with Crippen molar-refractivity contribution in [2.75, 3.05) is 12.4 Å². The first-order valence-corrected chi connectivity index (χ1v) is 6.47. The number of ether oxygens (including phenoxy) is 1. The summed E-state index contributed by atoms with van der Waals surface area (Å²) in [7, 11) is 1.70. The summed E-state index contributed by atoms with van der Waals surface area (Å²) in [6, 6.07) is 6.66. The lowest BCUT2D eigenvalue weighted by Crippen LogP contribution is -2.23. The Hall–Kier alpha value is -1.22. The average molecular weight is 234 g/mol. The fourth-order valence-corrected chi connectivity index (χ4v) is 2.46. The Balaban J connectivity index is 2.11. The van der Waals surface area contributed by atoms with Gasteiger partial charge in [-0.15, -0.1) is 0 Å². The van der Waals surface area contributed by atoms with Gasteiger partial charge in [-0.3, -0.25) is 0 Å². The molecule has 3 heteroatoms. The Morgan fingerprint density at radius 2 is 2.06 bits per heavy atom. The molecule has 0 bridgehead atoms. The maximum atomic E-state index is 5.77. The van der Waals surface area contributed by atoms with Crippen LogP contribution in [-0.2, 0) is 6.54 Å². The molecule has 17 heavy (non-hydrogen) atoms. The van der Waals surface area contributed by atoms with E-state index in [0.29, 0.717) is 12.6 Å². The van der Waals surface area contributed by atoms with Gasteiger partial charge in [0.25, 0.3) is 0 Å². The summed E-state index contributed by atoms with van der Waals surface area (Å²) in [6.07, 6.45) is 6.57. The average Bonchev–Trinajstić information content (AvgIpc) is 2.40. The van der Waals surface area contributed by atoms with E-state index in [4.69, 9.17) is 10.5 Å². The topological polar surface area (TPSA) is 47.3 Å². The van der Waals surface area contributed by atoms with Gasteiger partial charge in [0.05, 0.1) is 7.11 Å². The number of hydrogen-bond acceptors (Lipinski definition) is 3. The van der Waals surface area contributed by atoms with Gasteiger partial charge in [-0.2, -0.15) is 0 Å². The van der Waals surface area contributed by atoms with Crippen molar-refractivity contribution in [3.8, 4) is 5.75 Å². The van der Waals surface area contributed by atoms with Crippen LogP contribution < -0.4 is 15.8 Å². The first-order chi connectivity index (χ1) is 8.33. The van der Waals surface area contributed by atoms with Crippen molar-refractivity contribution in [3.05, 3.63) is 23.8 Å². The van der Waals surface area contributed by atoms with Crippen molar-refractivity contribution >= 4 is 5.69 Å². The third kappa shape index (κ3) is 3.13. The number of benzene rings is 1. The molecule has 1 aliphatic rings. The summed E-state index contributed by atoms with van der Waals surface area (Å²) >= 11 is 0. The minimum atomic E-state index is 0.568. The Morgan fingerprint density at radius 3 is 2.71 bits per heavy atom. The molecule has 0 unspecified atom stereocenters. The lowest BCUT2D eigenvalue weighted by atomic mass is 9.95. The molecule has 0 radical (unpaired) electrons. The van der Waals surface area contributed by atoms with Crippen LogP contribution in [0.15, 0.2) is 18.2 Å². The number of nitrogens with one attached hydrogen (secondary N) is 1. The second-order valence-electron chi connectivity index (χ2n) is 4.71. The molecular weight excluding hydrogens is 212 g/mol. The molecule has 0 aliphatic heterocycles. The minimum absolute atomic E-state index is 0.568. The van der Waals surface area contributed by atoms with Crippen LogP contribution in [0.5, 0.6) is 5.75 Å². The second kappa shape index (κ2) is 5.92. The van der Waals surface area contributed by atoms with E-state index in [-0.39, 0.29) is 0 Å². The van der Waals surface area contributed by atoms with Crippen LogP contribution >= 0.6 is 0 Å². The van der Waals surface area contributed by atoms with E-state index in [1.54, 1.807) is 7.11 Å². The van der Waals surface area contributed by atoms with Gasteiger partial charge in [0.1, 0.15) is 5.75 Å². The Labute approximate surface area is 103 Å². The first-order valence-electron chi connectivity index (χ1n) is 6.47. The maximum absolute atomic E-state index is 5.77. The van der Waals surface area contributed by atoms with Gasteiger partial charge in [0.15, 0.2) is 0 Å². The molecule has 0 saturated heterocycles. The Kier molecular flexibility index (Phi) is 4.26. The molecule has 0 atom stereocenters. The molecule has 0 heterocycles. The van der Waals surface area contributed by atoms with Gasteiger partial charge in [0, 0.05) is 24.3 Å². The normalized spacial score (nSPS) is 16.8. The fourth-order valence-electron chi connectivity index (χ4n) is 2.46. The van der Waals surface area contributed by atoms with Crippen LogP contribution in [0, 0.1) is 0 Å². The van der Waals surface area contributed by atoms with Gasteiger partial charge in [-0.25, -0.2) is 0 Å². The van der Waals surface area contributed by atoms with Crippen molar-refractivity contribution in [3.63, 3.8) is 0 Å². The highest BCUT2D eigenvalue weighted by molar-refractivity contribution is 5.55. The van der Waals surface area contributed by atoms with Crippen molar-refractivity contribution < 1.29 is 4.74 Å². The largest absolute Gasteiger partial charge is 0.497 e. The summed E-state index contributed by atoms with van der Waals surface area (Å²) in [4.78, 5) is 0. The van der Waals surface area contributed by atoms with Crippen LogP contribution in [-0.4, -0.2) is 13.2 Å². The predicted octanol–water partition coefficient (Wildman–Crippen LogP) is 2.90. The molecule has 3 nitrogen and oxygen atoms in total. The monoisotopic (exact) mass is 234 g/mol. The predicted molar refractivity (Wildman–Crippen MR) is 71.4 cm³/mol. The summed E-state index contributed by atoms with van der Waals surface area (Å²) in [5, 5.41) is 3.62. The molecule has 1 aromatic rings. The molecule has 1 fully saturated rings. The van der Waals surface area contributed by atoms with E-state index in [1.165, 1.54) is 32.1 Å². The minimum Gasteiger partial charge on any atom is -0.497 e. The second-order valence-corrected chi connectivity index (χ2v) is 4.71. The smallest absolute Gasteiger partial charge is 0.120 e. The number of methoxy groups -OCH3 is 1. The molecule has 1 saturated carbocycles. The van der Waals surface area contributed by atoms with Gasteiger partial charge < -0.3 is 15.8 Å². The van der Waals surface area contributed by atoms with Crippen molar-refractivity contribution in [2.45, 2.75) is 44.7 Å². The molecule has 0 aromatic heterocycles. The van der Waals surface area contributed by atoms with Crippen LogP contribution in [0.25, 0.3) is 0 Å². The molecule has 1 aromatic carbocycles. The van der Waals surface area contributed by atoms with E-state index < -0.39 is 0 Å². The highest BCUT2D eigenvalue weighted by Gasteiger charge is 2.14. The standard InChI is InChI=1S/C14H22N2O/c1-17-13-8-7-11(10-15)14(9-13)16-12-5-3-2-4-6-12/h7-9,12,16H,2-6,10,15H2,1H3. The SMILES string of the molecule is COc1ccc(CN)c(NC2CCCCC2)c1. The summed E-state index contributed by atoms with van der Waals surface area (Å²) < 4.78 is 5.26. The molecule has 0 amide bonds. The highest BCUT2D eigenvalue weighted by Crippen LogP contribution is 2.26. The third-order valence-electron chi connectivity index (χ3n) is 3.50. The lowest BCUT2D eigenvalue weighted by Gasteiger charge is -2.25. The van der Waals surface area contributed by atoms with Crippen molar-refractivity contribution in [2.24, 2.45) is 5.73 Å². The molecule has 1 aliphatic carbocycles. The number of rotatable bonds is 4. The molecule has 0 spiro atoms. The molecule has 94 valence electrons. The van der Waals surface area contributed by atoms with Crippen molar-refractivity contribution in [1.29, 1.82) is 0 Å². The zero-order valence-corrected chi connectivity index (χ0v) is 10.5. The van der Waals surface area contributed by atoms with Gasteiger partial charge in [0.2, 0.25) is 0 Å². The highest BCUT2D eigenvalue weighted by atomic mass is 16.5. The molecular formula is C14H22N2O. The van der Waals surface area contributed by atoms with Gasteiger partial charge in [-0.05, 0) is 24.5 Å². The summed E-state index contributed by atoms with van der Waals surface area (Å²) in [6.45, 7) is 0.568. The van der Waals surface area contributed by atoms with Crippen LogP contribution in [0.3, 0.4) is 0 Å². The Bertz CT molecular complexity index is 359. The third-order valence-corrected chi connectivity index (χ3v) is 3.50. The number of nitrogens with two attached hydrogens (primary N) is 1. The molecule has 3 N–H and O–H groups in total. The summed E-state index contributed by atoms with van der Waals surface area (Å²) in [5.41, 5.74) is 8.07. The fraction of sp³-hybridized carbons (Fsp3) is 0.571. The number of anilines is 1. The van der Waals surface area contributed by atoms with Crippen molar-refractivity contribution in [1.82, 2.24) is 0 Å². The van der Waals surface area contributed by atoms with E-state index in [1.807, 2.05) is 12.1 Å². The van der Waals surface area contributed by atoms with E-state index in [0.717, 1.165) is 17.0 Å². The van der Waals surface area contributed by atoms with E-state index >= 15 is 0 Å². The van der Waals surface area contributed by atoms with E-state index in [9.17, 15) is 0 Å². The number of hydrogen-bond donors (Lipinski definition) is 2. The first kappa shape index (κ1) is 12.2. The van der Waals surface area contributed by atoms with Gasteiger partial charge in [-0.1, -0.05) is 25.3 Å². The Morgan fingerprint density at radius 1 is 1.29 bits per heavy atom. The van der Waals surface area contributed by atoms with Gasteiger partial charge >= 0.3 is 0 Å². The van der Waals surface area contributed by atoms with Crippen LogP contribution in [0.1, 0.15) is 37.7 Å². The quantitative estimate of drug-likeness (QED) is 0.842. The summed E-state index contributed by atoms with van der Waals surface area (Å²) in [5.74, 6) is 0.889. The maximum Gasteiger partial charge on any atom is 0.120 e. The van der Waals surface area contributed by atoms with E-state index in [2.05, 4.69) is 11.4 Å². The van der Waals surface area contributed by atoms with Crippen LogP contribution in [0.2, 0.25) is 0 Å².